The highest BCUT2D eigenvalue weighted by atomic mass is 16.1. The van der Waals surface area contributed by atoms with Gasteiger partial charge in [0, 0.05) is 0 Å². The van der Waals surface area contributed by atoms with Crippen LogP contribution in [0.15, 0.2) is 29.1 Å². The number of benzene rings is 1. The molecule has 86 valence electrons. The predicted molar refractivity (Wildman–Crippen MR) is 66.8 cm³/mol. The van der Waals surface area contributed by atoms with E-state index in [1.165, 1.54) is 5.56 Å². The van der Waals surface area contributed by atoms with Crippen molar-refractivity contribution in [3.8, 4) is 11.1 Å². The molecule has 0 saturated heterocycles. The van der Waals surface area contributed by atoms with Gasteiger partial charge in [0.05, 0.1) is 11.3 Å². The molecule has 0 bridgehead atoms. The van der Waals surface area contributed by atoms with Crippen LogP contribution in [-0.2, 0) is 6.42 Å². The maximum Gasteiger partial charge on any atom is 0.260 e. The number of anilines is 1. The fraction of sp³-hybridized carbons (Fsp3) is 0.231. The van der Waals surface area contributed by atoms with Crippen LogP contribution in [0.4, 0.5) is 5.95 Å². The van der Waals surface area contributed by atoms with Crippen LogP contribution in [0.1, 0.15) is 24.1 Å². The highest BCUT2D eigenvalue weighted by Gasteiger charge is 2.24. The Morgan fingerprint density at radius 1 is 1.41 bits per heavy atom. The Labute approximate surface area is 98.5 Å². The van der Waals surface area contributed by atoms with Crippen LogP contribution in [0.5, 0.6) is 0 Å². The van der Waals surface area contributed by atoms with Crippen molar-refractivity contribution in [3.05, 3.63) is 45.9 Å². The number of nitrogen functional groups attached to an aromatic ring is 1. The molecule has 2 aromatic rings. The highest BCUT2D eigenvalue weighted by Crippen LogP contribution is 2.36. The molecular weight excluding hydrogens is 214 g/mol. The van der Waals surface area contributed by atoms with Gasteiger partial charge >= 0.3 is 0 Å². The predicted octanol–water partition coefficient (Wildman–Crippen LogP) is 1.68. The summed E-state index contributed by atoms with van der Waals surface area (Å²) in [4.78, 5) is 18.8. The van der Waals surface area contributed by atoms with Crippen molar-refractivity contribution in [2.45, 2.75) is 19.3 Å². The third-order valence-corrected chi connectivity index (χ3v) is 3.27. The van der Waals surface area contributed by atoms with Gasteiger partial charge in [0.1, 0.15) is 0 Å². The molecule has 0 spiro atoms. The first-order valence-corrected chi connectivity index (χ1v) is 5.65. The average Bonchev–Trinajstić information content (AvgIpc) is 2.28. The van der Waals surface area contributed by atoms with Crippen molar-refractivity contribution in [3.63, 3.8) is 0 Å². The largest absolute Gasteiger partial charge is 0.369 e. The SMILES string of the molecule is CC1Cc2nc(N)[nH]c(=O)c2-c2ccccc21. The lowest BCUT2D eigenvalue weighted by Gasteiger charge is -2.23. The van der Waals surface area contributed by atoms with Gasteiger partial charge in [0.2, 0.25) is 5.95 Å². The second-order valence-corrected chi connectivity index (χ2v) is 4.47. The number of hydrogen-bond acceptors (Lipinski definition) is 3. The molecule has 3 rings (SSSR count). The van der Waals surface area contributed by atoms with E-state index < -0.39 is 0 Å². The zero-order chi connectivity index (χ0) is 12.0. The van der Waals surface area contributed by atoms with E-state index in [0.717, 1.165) is 17.7 Å². The van der Waals surface area contributed by atoms with Gasteiger partial charge in [-0.25, -0.2) is 4.98 Å². The van der Waals surface area contributed by atoms with Crippen molar-refractivity contribution in [2.24, 2.45) is 0 Å². The van der Waals surface area contributed by atoms with Crippen molar-refractivity contribution in [1.29, 1.82) is 0 Å². The number of rotatable bonds is 0. The smallest absolute Gasteiger partial charge is 0.260 e. The van der Waals surface area contributed by atoms with Gasteiger partial charge in [-0.1, -0.05) is 31.2 Å². The molecule has 3 N–H and O–H groups in total. The molecule has 17 heavy (non-hydrogen) atoms. The summed E-state index contributed by atoms with van der Waals surface area (Å²) in [5.74, 6) is 0.563. The normalized spacial score (nSPS) is 17.4. The Hall–Kier alpha value is -2.10. The number of aromatic nitrogens is 2. The molecule has 1 aromatic carbocycles. The molecule has 0 radical (unpaired) electrons. The van der Waals surface area contributed by atoms with Gasteiger partial charge in [-0.15, -0.1) is 0 Å². The summed E-state index contributed by atoms with van der Waals surface area (Å²) in [6.07, 6.45) is 0.764. The van der Waals surface area contributed by atoms with Crippen molar-refractivity contribution in [1.82, 2.24) is 9.97 Å². The first-order valence-electron chi connectivity index (χ1n) is 5.65. The summed E-state index contributed by atoms with van der Waals surface area (Å²) in [6.45, 7) is 2.14. The van der Waals surface area contributed by atoms with E-state index in [1.807, 2.05) is 18.2 Å². The van der Waals surface area contributed by atoms with Crippen molar-refractivity contribution >= 4 is 5.95 Å². The number of nitrogens with one attached hydrogen (secondary N) is 1. The minimum Gasteiger partial charge on any atom is -0.369 e. The van der Waals surface area contributed by atoms with E-state index in [4.69, 9.17) is 5.73 Å². The summed E-state index contributed by atoms with van der Waals surface area (Å²) in [7, 11) is 0. The lowest BCUT2D eigenvalue weighted by Crippen LogP contribution is -2.22. The Morgan fingerprint density at radius 3 is 3.00 bits per heavy atom. The number of aromatic amines is 1. The van der Waals surface area contributed by atoms with Gasteiger partial charge in [0.25, 0.3) is 5.56 Å². The first-order chi connectivity index (χ1) is 8.16. The third kappa shape index (κ3) is 1.45. The van der Waals surface area contributed by atoms with E-state index in [-0.39, 0.29) is 11.5 Å². The maximum atomic E-state index is 12.0. The minimum atomic E-state index is -0.146. The van der Waals surface area contributed by atoms with E-state index in [2.05, 4.69) is 23.0 Å². The number of hydrogen-bond donors (Lipinski definition) is 2. The van der Waals surface area contributed by atoms with Gasteiger partial charge in [-0.2, -0.15) is 0 Å². The quantitative estimate of drug-likeness (QED) is 0.719. The number of nitrogens with two attached hydrogens (primary N) is 1. The van der Waals surface area contributed by atoms with E-state index in [1.54, 1.807) is 0 Å². The second-order valence-electron chi connectivity index (χ2n) is 4.47. The monoisotopic (exact) mass is 227 g/mol. The Morgan fingerprint density at radius 2 is 2.18 bits per heavy atom. The van der Waals surface area contributed by atoms with Crippen LogP contribution >= 0.6 is 0 Å². The van der Waals surface area contributed by atoms with Crippen LogP contribution in [-0.4, -0.2) is 9.97 Å². The number of H-pyrrole nitrogens is 1. The molecule has 1 atom stereocenters. The third-order valence-electron chi connectivity index (χ3n) is 3.27. The van der Waals surface area contributed by atoms with Crippen LogP contribution in [0.3, 0.4) is 0 Å². The van der Waals surface area contributed by atoms with E-state index in [9.17, 15) is 4.79 Å². The van der Waals surface area contributed by atoms with Gasteiger partial charge in [-0.3, -0.25) is 9.78 Å². The number of nitrogens with zero attached hydrogens (tertiary/aromatic N) is 1. The van der Waals surface area contributed by atoms with Crippen LogP contribution in [0, 0.1) is 0 Å². The van der Waals surface area contributed by atoms with Gasteiger partial charge < -0.3 is 5.73 Å². The van der Waals surface area contributed by atoms with Crippen LogP contribution in [0.2, 0.25) is 0 Å². The summed E-state index contributed by atoms with van der Waals surface area (Å²) in [5, 5.41) is 0. The fourth-order valence-electron chi connectivity index (χ4n) is 2.52. The maximum absolute atomic E-state index is 12.0. The molecule has 0 fully saturated rings. The Bertz CT molecular complexity index is 645. The molecule has 1 aliphatic carbocycles. The molecule has 1 aromatic heterocycles. The fourth-order valence-corrected chi connectivity index (χ4v) is 2.52. The average molecular weight is 227 g/mol. The molecule has 4 nitrogen and oxygen atoms in total. The van der Waals surface area contributed by atoms with Gasteiger partial charge in [-0.05, 0) is 23.5 Å². The lowest BCUT2D eigenvalue weighted by molar-refractivity contribution is 0.726. The topological polar surface area (TPSA) is 71.8 Å². The summed E-state index contributed by atoms with van der Waals surface area (Å²) >= 11 is 0. The molecule has 1 heterocycles. The zero-order valence-electron chi connectivity index (χ0n) is 9.53. The summed E-state index contributed by atoms with van der Waals surface area (Å²) in [5.41, 5.74) is 9.10. The molecule has 1 aliphatic rings. The molecule has 0 saturated carbocycles. The Balaban J connectivity index is 2.37. The van der Waals surface area contributed by atoms with E-state index >= 15 is 0 Å². The molecule has 4 heteroatoms. The zero-order valence-corrected chi connectivity index (χ0v) is 9.53. The first kappa shape index (κ1) is 10.1. The summed E-state index contributed by atoms with van der Waals surface area (Å²) in [6, 6.07) is 7.98. The highest BCUT2D eigenvalue weighted by molar-refractivity contribution is 5.72. The molecular formula is C13H13N3O. The standard InChI is InChI=1S/C13H13N3O/c1-7-6-10-11(12(17)16-13(14)15-10)9-5-3-2-4-8(7)9/h2-5,7H,6H2,1H3,(H3,14,15,16,17). The molecule has 1 unspecified atom stereocenters. The van der Waals surface area contributed by atoms with Crippen LogP contribution in [0.25, 0.3) is 11.1 Å². The lowest BCUT2D eigenvalue weighted by atomic mass is 9.82. The van der Waals surface area contributed by atoms with Crippen LogP contribution < -0.4 is 11.3 Å². The van der Waals surface area contributed by atoms with Crippen molar-refractivity contribution < 1.29 is 0 Å². The Kier molecular flexibility index (Phi) is 2.04. The van der Waals surface area contributed by atoms with E-state index in [0.29, 0.717) is 11.5 Å². The van der Waals surface area contributed by atoms with Crippen molar-refractivity contribution in [2.75, 3.05) is 5.73 Å². The minimum absolute atomic E-state index is 0.146. The summed E-state index contributed by atoms with van der Waals surface area (Å²) < 4.78 is 0. The molecule has 0 amide bonds. The second kappa shape index (κ2) is 3.45. The van der Waals surface area contributed by atoms with Gasteiger partial charge in [0.15, 0.2) is 0 Å². The number of fused-ring (bicyclic) bond motifs is 3. The molecule has 0 aliphatic heterocycles.